The van der Waals surface area contributed by atoms with E-state index in [0.29, 0.717) is 16.3 Å². The minimum absolute atomic E-state index is 0.0381. The first kappa shape index (κ1) is 20.0. The quantitative estimate of drug-likeness (QED) is 0.403. The second-order valence-electron chi connectivity index (χ2n) is 5.99. The number of benzene rings is 1. The van der Waals surface area contributed by atoms with Gasteiger partial charge in [0.2, 0.25) is 0 Å². The first-order chi connectivity index (χ1) is 12.4. The highest BCUT2D eigenvalue weighted by molar-refractivity contribution is 6.31. The van der Waals surface area contributed by atoms with E-state index in [2.05, 4.69) is 5.32 Å². The molecule has 0 spiro atoms. The van der Waals surface area contributed by atoms with Crippen molar-refractivity contribution in [2.45, 2.75) is 37.8 Å². The third-order valence-corrected chi connectivity index (χ3v) is 4.50. The summed E-state index contributed by atoms with van der Waals surface area (Å²) in [5.74, 6) is 0.293. The summed E-state index contributed by atoms with van der Waals surface area (Å²) in [5.41, 5.74) is 11.4. The average molecular weight is 395 g/mol. The Balaban J connectivity index is 1.83. The van der Waals surface area contributed by atoms with Crippen LogP contribution in [-0.4, -0.2) is 18.1 Å². The smallest absolute Gasteiger partial charge is 0.267 e. The molecule has 1 fully saturated rings. The maximum atomic E-state index is 12.0. The standard InChI is InChI=1S/C18H20Cl2N4O2/c19-15-9-14(4-1-11(15)10-21)26-13-5-2-12(3-6-13)24-18(25)16(22)7-8-17(20)23/h1,4,7-9,12-13H,2-3,5-6,22-23H2,(H,24,25)/b16-7-,17-8-. The fourth-order valence-corrected chi connectivity index (χ4v) is 2.97. The molecule has 2 rings (SSSR count). The van der Waals surface area contributed by atoms with E-state index in [4.69, 9.17) is 44.7 Å². The van der Waals surface area contributed by atoms with E-state index in [1.54, 1.807) is 18.2 Å². The van der Waals surface area contributed by atoms with E-state index in [1.807, 2.05) is 6.07 Å². The fraction of sp³-hybridized carbons (Fsp3) is 0.333. The number of allylic oxidation sites excluding steroid dienone is 2. The van der Waals surface area contributed by atoms with Crippen molar-refractivity contribution in [3.05, 3.63) is 51.8 Å². The Morgan fingerprint density at radius 1 is 1.27 bits per heavy atom. The van der Waals surface area contributed by atoms with Gasteiger partial charge in [-0.15, -0.1) is 0 Å². The predicted molar refractivity (Wildman–Crippen MR) is 101 cm³/mol. The number of nitrogens with zero attached hydrogens (tertiary/aromatic N) is 1. The van der Waals surface area contributed by atoms with Gasteiger partial charge in [-0.05, 0) is 50.0 Å². The van der Waals surface area contributed by atoms with Crippen LogP contribution in [0.2, 0.25) is 5.02 Å². The molecule has 6 nitrogen and oxygen atoms in total. The van der Waals surface area contributed by atoms with E-state index in [9.17, 15) is 4.79 Å². The maximum Gasteiger partial charge on any atom is 0.267 e. The molecule has 1 amide bonds. The molecule has 1 aliphatic rings. The number of ether oxygens (including phenoxy) is 1. The van der Waals surface area contributed by atoms with Gasteiger partial charge in [0.1, 0.15) is 11.8 Å². The highest BCUT2D eigenvalue weighted by Crippen LogP contribution is 2.27. The van der Waals surface area contributed by atoms with E-state index < -0.39 is 0 Å². The molecule has 0 heterocycles. The van der Waals surface area contributed by atoms with Gasteiger partial charge < -0.3 is 21.5 Å². The van der Waals surface area contributed by atoms with Gasteiger partial charge in [0.05, 0.1) is 27.5 Å². The molecule has 1 saturated carbocycles. The van der Waals surface area contributed by atoms with Gasteiger partial charge in [-0.1, -0.05) is 23.2 Å². The summed E-state index contributed by atoms with van der Waals surface area (Å²) in [6.07, 6.45) is 5.92. The average Bonchev–Trinajstić information content (AvgIpc) is 2.61. The van der Waals surface area contributed by atoms with Gasteiger partial charge in [0.15, 0.2) is 0 Å². The van der Waals surface area contributed by atoms with Crippen molar-refractivity contribution < 1.29 is 9.53 Å². The van der Waals surface area contributed by atoms with E-state index in [-0.39, 0.29) is 28.9 Å². The van der Waals surface area contributed by atoms with Crippen LogP contribution < -0.4 is 21.5 Å². The van der Waals surface area contributed by atoms with Crippen LogP contribution in [0.4, 0.5) is 0 Å². The molecule has 8 heteroatoms. The zero-order chi connectivity index (χ0) is 19.1. The Morgan fingerprint density at radius 2 is 1.96 bits per heavy atom. The maximum absolute atomic E-state index is 12.0. The lowest BCUT2D eigenvalue weighted by Crippen LogP contribution is -2.41. The summed E-state index contributed by atoms with van der Waals surface area (Å²) >= 11 is 11.5. The molecule has 26 heavy (non-hydrogen) atoms. The lowest BCUT2D eigenvalue weighted by molar-refractivity contribution is -0.118. The summed E-state index contributed by atoms with van der Waals surface area (Å²) in [7, 11) is 0. The molecule has 0 aliphatic heterocycles. The molecule has 0 atom stereocenters. The molecule has 0 saturated heterocycles. The van der Waals surface area contributed by atoms with Crippen LogP contribution in [-0.2, 0) is 4.79 Å². The number of nitrogens with one attached hydrogen (secondary N) is 1. The minimum atomic E-state index is -0.345. The predicted octanol–water partition coefficient (Wildman–Crippen LogP) is 2.90. The van der Waals surface area contributed by atoms with Crippen LogP contribution in [0.3, 0.4) is 0 Å². The molecule has 0 radical (unpaired) electrons. The van der Waals surface area contributed by atoms with Gasteiger partial charge in [-0.25, -0.2) is 0 Å². The second kappa shape index (κ2) is 9.37. The van der Waals surface area contributed by atoms with Crippen LogP contribution in [0.1, 0.15) is 31.2 Å². The Morgan fingerprint density at radius 3 is 2.54 bits per heavy atom. The molecule has 0 unspecified atom stereocenters. The molecule has 138 valence electrons. The van der Waals surface area contributed by atoms with E-state index in [1.165, 1.54) is 12.2 Å². The van der Waals surface area contributed by atoms with Crippen molar-refractivity contribution in [3.63, 3.8) is 0 Å². The lowest BCUT2D eigenvalue weighted by atomic mass is 9.93. The molecule has 0 aromatic heterocycles. The summed E-state index contributed by atoms with van der Waals surface area (Å²) < 4.78 is 5.92. The van der Waals surface area contributed by atoms with Gasteiger partial charge >= 0.3 is 0 Å². The molecule has 1 aromatic rings. The Labute approximate surface area is 162 Å². The van der Waals surface area contributed by atoms with Crippen LogP contribution in [0, 0.1) is 11.3 Å². The zero-order valence-corrected chi connectivity index (χ0v) is 15.6. The van der Waals surface area contributed by atoms with E-state index >= 15 is 0 Å². The van der Waals surface area contributed by atoms with Gasteiger partial charge in [0, 0.05) is 12.1 Å². The van der Waals surface area contributed by atoms with Crippen LogP contribution in [0.5, 0.6) is 5.75 Å². The Hall–Kier alpha value is -2.36. The third-order valence-electron chi connectivity index (χ3n) is 4.06. The van der Waals surface area contributed by atoms with Gasteiger partial charge in [-0.2, -0.15) is 5.26 Å². The van der Waals surface area contributed by atoms with Gasteiger partial charge in [0.25, 0.3) is 5.91 Å². The normalized spacial score (nSPS) is 21.0. The molecule has 1 aromatic carbocycles. The highest BCUT2D eigenvalue weighted by Gasteiger charge is 2.24. The summed E-state index contributed by atoms with van der Waals surface area (Å²) in [6.45, 7) is 0. The Bertz CT molecular complexity index is 759. The summed E-state index contributed by atoms with van der Waals surface area (Å²) in [5, 5.41) is 12.2. The number of carbonyl (C=O) groups excluding carboxylic acids is 1. The van der Waals surface area contributed by atoms with Crippen LogP contribution in [0.25, 0.3) is 0 Å². The zero-order valence-electron chi connectivity index (χ0n) is 14.0. The van der Waals surface area contributed by atoms with Gasteiger partial charge in [-0.3, -0.25) is 4.79 Å². The van der Waals surface area contributed by atoms with Crippen LogP contribution >= 0.6 is 23.2 Å². The number of hydrogen-bond acceptors (Lipinski definition) is 5. The highest BCUT2D eigenvalue weighted by atomic mass is 35.5. The number of amides is 1. The summed E-state index contributed by atoms with van der Waals surface area (Å²) in [6, 6.07) is 7.08. The van der Waals surface area contributed by atoms with Crippen molar-refractivity contribution in [1.82, 2.24) is 5.32 Å². The third kappa shape index (κ3) is 5.87. The molecular weight excluding hydrogens is 375 g/mol. The van der Waals surface area contributed by atoms with Crippen molar-refractivity contribution >= 4 is 29.1 Å². The number of halogens is 2. The SMILES string of the molecule is N#Cc1ccc(OC2CCC(NC(=O)/C(N)=C/C=C(\N)Cl)CC2)cc1Cl. The van der Waals surface area contributed by atoms with Crippen molar-refractivity contribution in [3.8, 4) is 11.8 Å². The topological polar surface area (TPSA) is 114 Å². The lowest BCUT2D eigenvalue weighted by Gasteiger charge is -2.29. The van der Waals surface area contributed by atoms with Crippen molar-refractivity contribution in [2.75, 3.05) is 0 Å². The first-order valence-corrected chi connectivity index (χ1v) is 8.90. The number of nitriles is 1. The molecule has 1 aliphatic carbocycles. The minimum Gasteiger partial charge on any atom is -0.490 e. The largest absolute Gasteiger partial charge is 0.490 e. The number of nitrogens with two attached hydrogens (primary N) is 2. The van der Waals surface area contributed by atoms with Crippen molar-refractivity contribution in [2.24, 2.45) is 11.5 Å². The molecule has 5 N–H and O–H groups in total. The second-order valence-corrected chi connectivity index (χ2v) is 6.84. The first-order valence-electron chi connectivity index (χ1n) is 8.14. The van der Waals surface area contributed by atoms with E-state index in [0.717, 1.165) is 25.7 Å². The number of rotatable bonds is 5. The van der Waals surface area contributed by atoms with Crippen molar-refractivity contribution in [1.29, 1.82) is 5.26 Å². The summed E-state index contributed by atoms with van der Waals surface area (Å²) in [4.78, 5) is 12.0. The number of hydrogen-bond donors (Lipinski definition) is 3. The molecular formula is C18H20Cl2N4O2. The monoisotopic (exact) mass is 394 g/mol. The van der Waals surface area contributed by atoms with Crippen LogP contribution in [0.15, 0.2) is 41.2 Å². The Kier molecular flexibility index (Phi) is 7.19. The number of carbonyl (C=O) groups is 1. The fourth-order valence-electron chi connectivity index (χ4n) is 2.69. The molecule has 0 bridgehead atoms.